The molecule has 10 heavy (non-hydrogen) atoms. The van der Waals surface area contributed by atoms with Crippen LogP contribution in [0.5, 0.6) is 0 Å². The summed E-state index contributed by atoms with van der Waals surface area (Å²) in [6.07, 6.45) is 7.50. The summed E-state index contributed by atoms with van der Waals surface area (Å²) in [5.41, 5.74) is 0. The molecule has 0 aromatic carbocycles. The van der Waals surface area contributed by atoms with Crippen LogP contribution >= 0.6 is 0 Å². The van der Waals surface area contributed by atoms with Crippen molar-refractivity contribution in [2.45, 2.75) is 45.4 Å². The average molecular weight is 141 g/mol. The molecular formula is C8H18BO. The van der Waals surface area contributed by atoms with Crippen LogP contribution in [0, 0.1) is 0 Å². The van der Waals surface area contributed by atoms with Crippen LogP contribution < -0.4 is 0 Å². The average Bonchev–Trinajstić information content (AvgIpc) is 1.89. The number of hydrogen-bond acceptors (Lipinski definition) is 1. The fourth-order valence-corrected chi connectivity index (χ4v) is 0.892. The molecule has 0 spiro atoms. The molecule has 1 nitrogen and oxygen atoms in total. The standard InChI is InChI=1S/C8H18O.B/c1-2-3-4-5-6-7-8-9;/h9H,2-8H2,1H3;. The van der Waals surface area contributed by atoms with E-state index in [0.29, 0.717) is 6.61 Å². The lowest BCUT2D eigenvalue weighted by molar-refractivity contribution is 0.282. The molecule has 0 aromatic rings. The summed E-state index contributed by atoms with van der Waals surface area (Å²) >= 11 is 0. The van der Waals surface area contributed by atoms with E-state index >= 15 is 0 Å². The minimum absolute atomic E-state index is 0. The van der Waals surface area contributed by atoms with Gasteiger partial charge in [0.25, 0.3) is 0 Å². The lowest BCUT2D eigenvalue weighted by Gasteiger charge is -1.95. The van der Waals surface area contributed by atoms with Crippen LogP contribution in [0.3, 0.4) is 0 Å². The Morgan fingerprint density at radius 1 is 0.900 bits per heavy atom. The molecule has 0 rings (SSSR count). The Morgan fingerprint density at radius 2 is 1.40 bits per heavy atom. The smallest absolute Gasteiger partial charge is 0.0431 e. The SMILES string of the molecule is CCCCCCCCO.[B]. The summed E-state index contributed by atoms with van der Waals surface area (Å²) in [5.74, 6) is 0. The Morgan fingerprint density at radius 3 is 1.90 bits per heavy atom. The molecule has 0 fully saturated rings. The Hall–Kier alpha value is 0.0249. The number of aliphatic hydroxyl groups excluding tert-OH is 1. The molecule has 0 amide bonds. The van der Waals surface area contributed by atoms with Crippen molar-refractivity contribution < 1.29 is 5.11 Å². The van der Waals surface area contributed by atoms with E-state index < -0.39 is 0 Å². The first kappa shape index (κ1) is 12.7. The third kappa shape index (κ3) is 10.9. The topological polar surface area (TPSA) is 20.2 Å². The molecule has 1 N–H and O–H groups in total. The van der Waals surface area contributed by atoms with Crippen LogP contribution in [0.1, 0.15) is 45.4 Å². The zero-order valence-electron chi connectivity index (χ0n) is 6.97. The van der Waals surface area contributed by atoms with Crippen molar-refractivity contribution in [2.75, 3.05) is 6.61 Å². The van der Waals surface area contributed by atoms with Crippen molar-refractivity contribution in [3.8, 4) is 0 Å². The predicted molar refractivity (Wildman–Crippen MR) is 46.2 cm³/mol. The molecule has 0 heterocycles. The van der Waals surface area contributed by atoms with E-state index in [9.17, 15) is 0 Å². The van der Waals surface area contributed by atoms with E-state index in [1.165, 1.54) is 32.1 Å². The molecule has 0 unspecified atom stereocenters. The van der Waals surface area contributed by atoms with Crippen LogP contribution in [0.25, 0.3) is 0 Å². The molecule has 0 saturated heterocycles. The van der Waals surface area contributed by atoms with Crippen LogP contribution in [0.15, 0.2) is 0 Å². The second kappa shape index (κ2) is 11.8. The molecular weight excluding hydrogens is 123 g/mol. The number of hydrogen-bond donors (Lipinski definition) is 1. The molecule has 0 aromatic heterocycles. The Balaban J connectivity index is 0. The van der Waals surface area contributed by atoms with Gasteiger partial charge in [0.2, 0.25) is 0 Å². The fourth-order valence-electron chi connectivity index (χ4n) is 0.892. The monoisotopic (exact) mass is 141 g/mol. The van der Waals surface area contributed by atoms with E-state index in [4.69, 9.17) is 5.11 Å². The Bertz CT molecular complexity index is 42.5. The van der Waals surface area contributed by atoms with Gasteiger partial charge in [-0.15, -0.1) is 0 Å². The summed E-state index contributed by atoms with van der Waals surface area (Å²) in [4.78, 5) is 0. The molecule has 0 aliphatic heterocycles. The van der Waals surface area contributed by atoms with Crippen LogP contribution in [0.4, 0.5) is 0 Å². The first-order valence-electron chi connectivity index (χ1n) is 4.02. The van der Waals surface area contributed by atoms with Gasteiger partial charge in [0.15, 0.2) is 0 Å². The molecule has 0 saturated carbocycles. The van der Waals surface area contributed by atoms with E-state index in [2.05, 4.69) is 6.92 Å². The van der Waals surface area contributed by atoms with Crippen molar-refractivity contribution in [3.63, 3.8) is 0 Å². The second-order valence-electron chi connectivity index (χ2n) is 2.49. The lowest BCUT2D eigenvalue weighted by atomic mass is 10.1. The highest BCUT2D eigenvalue weighted by Gasteiger charge is 1.86. The van der Waals surface area contributed by atoms with Gasteiger partial charge in [-0.25, -0.2) is 0 Å². The summed E-state index contributed by atoms with van der Waals surface area (Å²) < 4.78 is 0. The van der Waals surface area contributed by atoms with Gasteiger partial charge >= 0.3 is 0 Å². The molecule has 2 heteroatoms. The molecule has 59 valence electrons. The third-order valence-electron chi connectivity index (χ3n) is 1.51. The van der Waals surface area contributed by atoms with Crippen molar-refractivity contribution >= 4 is 8.41 Å². The minimum atomic E-state index is 0. The van der Waals surface area contributed by atoms with Crippen molar-refractivity contribution in [1.82, 2.24) is 0 Å². The Labute approximate surface area is 66.4 Å². The van der Waals surface area contributed by atoms with Gasteiger partial charge in [-0.3, -0.25) is 0 Å². The van der Waals surface area contributed by atoms with E-state index in [-0.39, 0.29) is 8.41 Å². The van der Waals surface area contributed by atoms with E-state index in [1.54, 1.807) is 0 Å². The zero-order valence-corrected chi connectivity index (χ0v) is 6.97. The largest absolute Gasteiger partial charge is 0.396 e. The summed E-state index contributed by atoms with van der Waals surface area (Å²) in [6.45, 7) is 2.58. The molecule has 0 atom stereocenters. The minimum Gasteiger partial charge on any atom is -0.396 e. The number of rotatable bonds is 6. The zero-order chi connectivity index (χ0) is 6.95. The number of aliphatic hydroxyl groups is 1. The van der Waals surface area contributed by atoms with Gasteiger partial charge in [0, 0.05) is 15.0 Å². The second-order valence-corrected chi connectivity index (χ2v) is 2.49. The fraction of sp³-hybridized carbons (Fsp3) is 1.00. The molecule has 3 radical (unpaired) electrons. The van der Waals surface area contributed by atoms with Crippen molar-refractivity contribution in [3.05, 3.63) is 0 Å². The first-order valence-corrected chi connectivity index (χ1v) is 4.02. The predicted octanol–water partition coefficient (Wildman–Crippen LogP) is 1.96. The van der Waals surface area contributed by atoms with Crippen LogP contribution in [0.2, 0.25) is 0 Å². The van der Waals surface area contributed by atoms with E-state index in [1.807, 2.05) is 0 Å². The summed E-state index contributed by atoms with van der Waals surface area (Å²) in [7, 11) is 0. The quantitative estimate of drug-likeness (QED) is 0.442. The highest BCUT2D eigenvalue weighted by molar-refractivity contribution is 5.75. The molecule has 0 aliphatic carbocycles. The first-order chi connectivity index (χ1) is 4.41. The Kier molecular flexibility index (Phi) is 14.9. The van der Waals surface area contributed by atoms with Gasteiger partial charge in [-0.2, -0.15) is 0 Å². The molecule has 0 aliphatic rings. The van der Waals surface area contributed by atoms with Gasteiger partial charge in [0.05, 0.1) is 0 Å². The third-order valence-corrected chi connectivity index (χ3v) is 1.51. The van der Waals surface area contributed by atoms with Crippen molar-refractivity contribution in [1.29, 1.82) is 0 Å². The maximum Gasteiger partial charge on any atom is 0.0431 e. The van der Waals surface area contributed by atoms with Crippen LogP contribution in [-0.4, -0.2) is 20.1 Å². The van der Waals surface area contributed by atoms with Gasteiger partial charge in [0.1, 0.15) is 0 Å². The summed E-state index contributed by atoms with van der Waals surface area (Å²) in [6, 6.07) is 0. The highest BCUT2D eigenvalue weighted by Crippen LogP contribution is 2.03. The highest BCUT2D eigenvalue weighted by atomic mass is 16.2. The van der Waals surface area contributed by atoms with Gasteiger partial charge in [-0.05, 0) is 6.42 Å². The van der Waals surface area contributed by atoms with Gasteiger partial charge in [-0.1, -0.05) is 39.0 Å². The van der Waals surface area contributed by atoms with E-state index in [0.717, 1.165) is 6.42 Å². The van der Waals surface area contributed by atoms with Crippen LogP contribution in [-0.2, 0) is 0 Å². The maximum atomic E-state index is 8.42. The lowest BCUT2D eigenvalue weighted by Crippen LogP contribution is -1.82. The normalized spacial score (nSPS) is 9.00. The molecule has 0 bridgehead atoms. The van der Waals surface area contributed by atoms with Crippen molar-refractivity contribution in [2.24, 2.45) is 0 Å². The maximum absolute atomic E-state index is 8.42. The van der Waals surface area contributed by atoms with Gasteiger partial charge < -0.3 is 5.11 Å². The summed E-state index contributed by atoms with van der Waals surface area (Å²) in [5, 5.41) is 8.42. The number of unbranched alkanes of at least 4 members (excludes halogenated alkanes) is 5.